The van der Waals surface area contributed by atoms with Gasteiger partial charge >= 0.3 is 0 Å². The average Bonchev–Trinajstić information content (AvgIpc) is 3.26. The zero-order chi connectivity index (χ0) is 17.2. The summed E-state index contributed by atoms with van der Waals surface area (Å²) >= 11 is 9.29. The third kappa shape index (κ3) is 3.53. The monoisotopic (exact) mass is 388 g/mol. The van der Waals surface area contributed by atoms with E-state index in [1.807, 2.05) is 24.3 Å². The summed E-state index contributed by atoms with van der Waals surface area (Å²) in [6.07, 6.45) is 2.60. The number of thioether (sulfide) groups is 1. The molecule has 5 nitrogen and oxygen atoms in total. The molecule has 25 heavy (non-hydrogen) atoms. The van der Waals surface area contributed by atoms with Gasteiger partial charge in [0.15, 0.2) is 0 Å². The van der Waals surface area contributed by atoms with Crippen LogP contribution in [0.3, 0.4) is 0 Å². The lowest BCUT2D eigenvalue weighted by Crippen LogP contribution is -1.86. The Labute approximate surface area is 157 Å². The quantitative estimate of drug-likeness (QED) is 0.343. The molecule has 0 amide bonds. The van der Waals surface area contributed by atoms with Crippen molar-refractivity contribution in [3.8, 4) is 11.4 Å². The first-order chi connectivity index (χ1) is 12.2. The molecular formula is C17H13ClN4OS2. The highest BCUT2D eigenvalue weighted by Gasteiger charge is 2.12. The molecule has 1 aromatic carbocycles. The third-order valence-corrected chi connectivity index (χ3v) is 5.99. The van der Waals surface area contributed by atoms with Gasteiger partial charge in [-0.1, -0.05) is 47.6 Å². The zero-order valence-corrected chi connectivity index (χ0v) is 15.7. The van der Waals surface area contributed by atoms with Crippen LogP contribution in [0.5, 0.6) is 0 Å². The number of aromatic nitrogens is 4. The maximum Gasteiger partial charge on any atom is 0.237 e. The Bertz CT molecular complexity index is 1030. The first-order valence-corrected chi connectivity index (χ1v) is 9.85. The van der Waals surface area contributed by atoms with Crippen molar-refractivity contribution in [2.75, 3.05) is 0 Å². The van der Waals surface area contributed by atoms with Gasteiger partial charge in [0.2, 0.25) is 11.7 Å². The maximum absolute atomic E-state index is 6.01. The molecule has 0 unspecified atom stereocenters. The molecule has 126 valence electrons. The summed E-state index contributed by atoms with van der Waals surface area (Å²) in [7, 11) is 0. The van der Waals surface area contributed by atoms with Crippen molar-refractivity contribution in [1.82, 2.24) is 20.1 Å². The summed E-state index contributed by atoms with van der Waals surface area (Å²) in [6.45, 7) is 2.14. The van der Waals surface area contributed by atoms with Gasteiger partial charge in [0.25, 0.3) is 0 Å². The number of aryl methyl sites for hydroxylation is 1. The predicted octanol–water partition coefficient (Wildman–Crippen LogP) is 5.25. The fourth-order valence-electron chi connectivity index (χ4n) is 2.36. The van der Waals surface area contributed by atoms with Crippen LogP contribution >= 0.6 is 34.7 Å². The fraction of sp³-hybridized carbons (Fsp3) is 0.176. The molecular weight excluding hydrogens is 376 g/mol. The number of benzene rings is 1. The van der Waals surface area contributed by atoms with Crippen LogP contribution in [0.15, 0.2) is 46.2 Å². The number of rotatable bonds is 5. The van der Waals surface area contributed by atoms with Gasteiger partial charge in [-0.15, -0.1) is 11.3 Å². The van der Waals surface area contributed by atoms with Crippen molar-refractivity contribution in [2.24, 2.45) is 0 Å². The first-order valence-electron chi connectivity index (χ1n) is 7.67. The fourth-order valence-corrected chi connectivity index (χ4v) is 4.36. The standard InChI is InChI=1S/C17H13ClN4OS2/c1-2-12-7-13-16(19-9-20-17(13)25-12)24-8-14-21-15(22-23-14)10-4-3-5-11(18)6-10/h3-7,9H,2,8H2,1H3. The van der Waals surface area contributed by atoms with Crippen LogP contribution in [0.2, 0.25) is 5.02 Å². The van der Waals surface area contributed by atoms with Crippen LogP contribution < -0.4 is 0 Å². The summed E-state index contributed by atoms with van der Waals surface area (Å²) in [4.78, 5) is 15.5. The second-order valence-electron chi connectivity index (χ2n) is 5.27. The lowest BCUT2D eigenvalue weighted by Gasteiger charge is -1.98. The van der Waals surface area contributed by atoms with Gasteiger partial charge < -0.3 is 4.52 Å². The molecule has 0 atom stereocenters. The van der Waals surface area contributed by atoms with Crippen LogP contribution in [-0.2, 0) is 12.2 Å². The van der Waals surface area contributed by atoms with Gasteiger partial charge in [-0.25, -0.2) is 9.97 Å². The van der Waals surface area contributed by atoms with E-state index in [4.69, 9.17) is 16.1 Å². The molecule has 0 fully saturated rings. The molecule has 0 saturated carbocycles. The highest BCUT2D eigenvalue weighted by Crippen LogP contribution is 2.32. The first kappa shape index (κ1) is 16.5. The predicted molar refractivity (Wildman–Crippen MR) is 101 cm³/mol. The van der Waals surface area contributed by atoms with Gasteiger partial charge in [-0.05, 0) is 24.6 Å². The Morgan fingerprint density at radius 1 is 1.24 bits per heavy atom. The second kappa shape index (κ2) is 7.11. The van der Waals surface area contributed by atoms with E-state index in [0.29, 0.717) is 22.5 Å². The minimum absolute atomic E-state index is 0.537. The highest BCUT2D eigenvalue weighted by atomic mass is 35.5. The van der Waals surface area contributed by atoms with Gasteiger partial charge in [0.05, 0.1) is 5.75 Å². The van der Waals surface area contributed by atoms with Crippen LogP contribution in [0, 0.1) is 0 Å². The lowest BCUT2D eigenvalue weighted by molar-refractivity contribution is 0.391. The van der Waals surface area contributed by atoms with Crippen molar-refractivity contribution >= 4 is 44.9 Å². The number of fused-ring (bicyclic) bond motifs is 1. The molecule has 3 aromatic heterocycles. The van der Waals surface area contributed by atoms with Gasteiger partial charge in [-0.3, -0.25) is 0 Å². The van der Waals surface area contributed by atoms with Gasteiger partial charge in [-0.2, -0.15) is 4.98 Å². The summed E-state index contributed by atoms with van der Waals surface area (Å²) < 4.78 is 5.35. The largest absolute Gasteiger partial charge is 0.338 e. The Morgan fingerprint density at radius 2 is 2.16 bits per heavy atom. The van der Waals surface area contributed by atoms with Crippen molar-refractivity contribution in [2.45, 2.75) is 24.1 Å². The Balaban J connectivity index is 1.53. The smallest absolute Gasteiger partial charge is 0.237 e. The summed E-state index contributed by atoms with van der Waals surface area (Å²) in [5, 5.41) is 6.70. The van der Waals surface area contributed by atoms with Crippen LogP contribution in [-0.4, -0.2) is 20.1 Å². The number of hydrogen-bond donors (Lipinski definition) is 0. The van der Waals surface area contributed by atoms with Crippen molar-refractivity contribution in [3.05, 3.63) is 52.4 Å². The highest BCUT2D eigenvalue weighted by molar-refractivity contribution is 7.98. The molecule has 0 aliphatic heterocycles. The van der Waals surface area contributed by atoms with E-state index < -0.39 is 0 Å². The molecule has 0 bridgehead atoms. The Morgan fingerprint density at radius 3 is 3.00 bits per heavy atom. The number of halogens is 1. The summed E-state index contributed by atoms with van der Waals surface area (Å²) in [5.74, 6) is 1.64. The molecule has 0 aliphatic rings. The number of hydrogen-bond acceptors (Lipinski definition) is 7. The normalized spacial score (nSPS) is 11.3. The lowest BCUT2D eigenvalue weighted by atomic mass is 10.2. The second-order valence-corrected chi connectivity index (χ2v) is 7.79. The third-order valence-electron chi connectivity index (χ3n) is 3.58. The minimum atomic E-state index is 0.537. The molecule has 3 heterocycles. The van der Waals surface area contributed by atoms with E-state index in [0.717, 1.165) is 27.2 Å². The van der Waals surface area contributed by atoms with Crippen molar-refractivity contribution in [1.29, 1.82) is 0 Å². The van der Waals surface area contributed by atoms with E-state index >= 15 is 0 Å². The summed E-state index contributed by atoms with van der Waals surface area (Å²) in [5.41, 5.74) is 0.836. The molecule has 0 aliphatic carbocycles. The van der Waals surface area contributed by atoms with E-state index in [9.17, 15) is 0 Å². The molecule has 0 saturated heterocycles. The summed E-state index contributed by atoms with van der Waals surface area (Å²) in [6, 6.07) is 9.55. The topological polar surface area (TPSA) is 64.7 Å². The molecule has 0 spiro atoms. The molecule has 0 N–H and O–H groups in total. The van der Waals surface area contributed by atoms with Crippen molar-refractivity contribution in [3.63, 3.8) is 0 Å². The van der Waals surface area contributed by atoms with Crippen LogP contribution in [0.1, 0.15) is 17.7 Å². The van der Waals surface area contributed by atoms with Crippen LogP contribution in [0.4, 0.5) is 0 Å². The Kier molecular flexibility index (Phi) is 4.70. The average molecular weight is 389 g/mol. The van der Waals surface area contributed by atoms with E-state index in [-0.39, 0.29) is 0 Å². The van der Waals surface area contributed by atoms with E-state index in [1.165, 1.54) is 4.88 Å². The molecule has 0 radical (unpaired) electrons. The van der Waals surface area contributed by atoms with Crippen LogP contribution in [0.25, 0.3) is 21.6 Å². The number of nitrogens with zero attached hydrogens (tertiary/aromatic N) is 4. The number of thiophene rings is 1. The SMILES string of the molecule is CCc1cc2c(SCc3nc(-c4cccc(Cl)c4)no3)ncnc2s1. The maximum atomic E-state index is 6.01. The van der Waals surface area contributed by atoms with Crippen molar-refractivity contribution < 1.29 is 4.52 Å². The molecule has 8 heteroatoms. The van der Waals surface area contributed by atoms with Gasteiger partial charge in [0.1, 0.15) is 16.2 Å². The van der Waals surface area contributed by atoms with Gasteiger partial charge in [0, 0.05) is 20.8 Å². The molecule has 4 rings (SSSR count). The zero-order valence-electron chi connectivity index (χ0n) is 13.3. The molecule has 4 aromatic rings. The van der Waals surface area contributed by atoms with E-state index in [1.54, 1.807) is 29.4 Å². The van der Waals surface area contributed by atoms with E-state index in [2.05, 4.69) is 33.1 Å². The Hall–Kier alpha value is -1.96. The minimum Gasteiger partial charge on any atom is -0.338 e.